The molecule has 0 amide bonds. The first kappa shape index (κ1) is 22.4. The summed E-state index contributed by atoms with van der Waals surface area (Å²) in [5, 5.41) is 3.33. The summed E-state index contributed by atoms with van der Waals surface area (Å²) in [7, 11) is -3.49. The van der Waals surface area contributed by atoms with Gasteiger partial charge in [-0.25, -0.2) is 23.8 Å². The minimum absolute atomic E-state index is 0.149. The molecule has 3 rings (SSSR count). The molecule has 2 aromatic carbocycles. The van der Waals surface area contributed by atoms with Gasteiger partial charge in [0.15, 0.2) is 9.84 Å². The maximum Gasteiger partial charge on any atom is 0.416 e. The number of benzene rings is 2. The first-order valence-electron chi connectivity index (χ1n) is 9.20. The molecule has 0 unspecified atom stereocenters. The number of nitrogens with zero attached hydrogens (tertiary/aromatic N) is 3. The molecule has 0 atom stereocenters. The Hall–Kier alpha value is -3.27. The molecule has 0 aliphatic carbocycles. The van der Waals surface area contributed by atoms with E-state index in [0.29, 0.717) is 16.7 Å². The summed E-state index contributed by atoms with van der Waals surface area (Å²) >= 11 is 0. The Kier molecular flexibility index (Phi) is 6.40. The molecule has 162 valence electrons. The highest BCUT2D eigenvalue weighted by molar-refractivity contribution is 7.92. The Morgan fingerprint density at radius 1 is 1.00 bits per heavy atom. The van der Waals surface area contributed by atoms with Crippen molar-refractivity contribution in [1.29, 1.82) is 0 Å². The van der Waals surface area contributed by atoms with Crippen molar-refractivity contribution in [1.82, 2.24) is 9.97 Å². The van der Waals surface area contributed by atoms with E-state index >= 15 is 0 Å². The third-order valence-corrected chi connectivity index (χ3v) is 6.60. The van der Waals surface area contributed by atoms with Crippen molar-refractivity contribution < 1.29 is 21.6 Å². The number of nitrogens with one attached hydrogen (secondary N) is 1. The molecule has 6 nitrogen and oxygen atoms in total. The van der Waals surface area contributed by atoms with E-state index in [1.54, 1.807) is 38.1 Å². The van der Waals surface area contributed by atoms with Crippen LogP contribution >= 0.6 is 0 Å². The highest BCUT2D eigenvalue weighted by atomic mass is 32.2. The lowest BCUT2D eigenvalue weighted by Gasteiger charge is -2.12. The zero-order valence-electron chi connectivity index (χ0n) is 16.6. The normalized spacial score (nSPS) is 12.5. The number of hydrogen-bond acceptors (Lipinski definition) is 6. The van der Waals surface area contributed by atoms with Crippen LogP contribution in [0.4, 0.5) is 19.1 Å². The van der Waals surface area contributed by atoms with Crippen LogP contribution < -0.4 is 5.43 Å². The van der Waals surface area contributed by atoms with Gasteiger partial charge in [-0.15, -0.1) is 0 Å². The number of rotatable bonds is 6. The average Bonchev–Trinajstić information content (AvgIpc) is 2.74. The second-order valence-corrected chi connectivity index (χ2v) is 9.35. The molecule has 0 radical (unpaired) electrons. The molecule has 1 aromatic heterocycles. The maximum atomic E-state index is 12.6. The van der Waals surface area contributed by atoms with Crippen molar-refractivity contribution in [3.63, 3.8) is 0 Å². The summed E-state index contributed by atoms with van der Waals surface area (Å²) in [6, 6.07) is 11.1. The summed E-state index contributed by atoms with van der Waals surface area (Å²) < 4.78 is 63.0. The summed E-state index contributed by atoms with van der Waals surface area (Å²) in [4.78, 5) is 8.45. The van der Waals surface area contributed by atoms with Gasteiger partial charge in [-0.1, -0.05) is 30.3 Å². The second-order valence-electron chi connectivity index (χ2n) is 6.88. The van der Waals surface area contributed by atoms with Gasteiger partial charge in [0, 0.05) is 23.5 Å². The van der Waals surface area contributed by atoms with E-state index in [2.05, 4.69) is 20.5 Å². The zero-order valence-corrected chi connectivity index (χ0v) is 17.4. The van der Waals surface area contributed by atoms with Crippen LogP contribution in [0.3, 0.4) is 0 Å². The van der Waals surface area contributed by atoms with E-state index in [1.807, 2.05) is 0 Å². The molecule has 3 aromatic rings. The Bertz CT molecular complexity index is 1170. The Labute approximate surface area is 177 Å². The smallest absolute Gasteiger partial charge is 0.245 e. The fourth-order valence-corrected chi connectivity index (χ4v) is 3.92. The fraction of sp³-hybridized carbons (Fsp3) is 0.190. The van der Waals surface area contributed by atoms with Crippen LogP contribution in [0.1, 0.15) is 25.0 Å². The van der Waals surface area contributed by atoms with Gasteiger partial charge in [0.25, 0.3) is 0 Å². The molecule has 1 N–H and O–H groups in total. The average molecular weight is 448 g/mol. The minimum Gasteiger partial charge on any atom is -0.245 e. The predicted molar refractivity (Wildman–Crippen MR) is 112 cm³/mol. The lowest BCUT2D eigenvalue weighted by molar-refractivity contribution is -0.137. The lowest BCUT2D eigenvalue weighted by atomic mass is 10.1. The summed E-state index contributed by atoms with van der Waals surface area (Å²) in [5.74, 6) is 0.149. The van der Waals surface area contributed by atoms with Crippen molar-refractivity contribution in [2.45, 2.75) is 30.2 Å². The predicted octanol–water partition coefficient (Wildman–Crippen LogP) is 4.79. The Balaban J connectivity index is 1.74. The van der Waals surface area contributed by atoms with Crippen LogP contribution in [-0.4, -0.2) is 29.9 Å². The molecule has 0 spiro atoms. The molecular formula is C21H19F3N4O2S. The third-order valence-electron chi connectivity index (χ3n) is 4.39. The van der Waals surface area contributed by atoms with Crippen molar-refractivity contribution in [3.8, 4) is 11.1 Å². The topological polar surface area (TPSA) is 84.3 Å². The molecule has 10 heteroatoms. The van der Waals surface area contributed by atoms with E-state index in [0.717, 1.165) is 12.1 Å². The highest BCUT2D eigenvalue weighted by Crippen LogP contribution is 2.30. The van der Waals surface area contributed by atoms with Crippen LogP contribution in [0, 0.1) is 0 Å². The lowest BCUT2D eigenvalue weighted by Crippen LogP contribution is -2.15. The van der Waals surface area contributed by atoms with Crippen molar-refractivity contribution >= 4 is 22.0 Å². The maximum absolute atomic E-state index is 12.6. The first-order chi connectivity index (χ1) is 14.6. The van der Waals surface area contributed by atoms with E-state index < -0.39 is 26.8 Å². The van der Waals surface area contributed by atoms with Gasteiger partial charge in [0.1, 0.15) is 0 Å². The number of hydrazone groups is 1. The summed E-state index contributed by atoms with van der Waals surface area (Å²) in [6.45, 7) is 3.23. The largest absolute Gasteiger partial charge is 0.416 e. The molecule has 0 fully saturated rings. The van der Waals surface area contributed by atoms with Crippen LogP contribution in [0.5, 0.6) is 0 Å². The molecule has 0 saturated heterocycles. The van der Waals surface area contributed by atoms with Gasteiger partial charge in [-0.2, -0.15) is 18.3 Å². The summed E-state index contributed by atoms with van der Waals surface area (Å²) in [5.41, 5.74) is 3.33. The van der Waals surface area contributed by atoms with E-state index in [1.165, 1.54) is 30.7 Å². The Morgan fingerprint density at radius 3 is 2.19 bits per heavy atom. The fourth-order valence-electron chi connectivity index (χ4n) is 2.65. The molecule has 0 saturated carbocycles. The van der Waals surface area contributed by atoms with Crippen molar-refractivity contribution in [2.75, 3.05) is 5.43 Å². The monoisotopic (exact) mass is 448 g/mol. The number of alkyl halides is 3. The second kappa shape index (κ2) is 8.84. The molecular weight excluding hydrogens is 429 g/mol. The standard InChI is InChI=1S/C21H19F3N4O2S/c1-14(2)31(29,30)19-6-4-3-5-18(19)16-12-25-20(26-13-16)28-27-11-15-7-9-17(10-8-15)21(22,23)24/h3-14H,1-2H3,(H,25,26,28). The number of anilines is 1. The van der Waals surface area contributed by atoms with Crippen LogP contribution in [0.2, 0.25) is 0 Å². The number of aromatic nitrogens is 2. The molecule has 1 heterocycles. The highest BCUT2D eigenvalue weighted by Gasteiger charge is 2.29. The number of sulfone groups is 1. The first-order valence-corrected chi connectivity index (χ1v) is 10.8. The Morgan fingerprint density at radius 2 is 1.61 bits per heavy atom. The van der Waals surface area contributed by atoms with E-state index in [9.17, 15) is 21.6 Å². The van der Waals surface area contributed by atoms with Gasteiger partial charge in [0.2, 0.25) is 5.95 Å². The van der Waals surface area contributed by atoms with Gasteiger partial charge < -0.3 is 0 Å². The quantitative estimate of drug-likeness (QED) is 0.433. The van der Waals surface area contributed by atoms with Crippen LogP contribution in [0.15, 0.2) is 70.9 Å². The molecule has 0 aliphatic heterocycles. The molecule has 0 aliphatic rings. The molecule has 31 heavy (non-hydrogen) atoms. The van der Waals surface area contributed by atoms with Crippen LogP contribution in [0.25, 0.3) is 11.1 Å². The zero-order chi connectivity index (χ0) is 22.6. The van der Waals surface area contributed by atoms with Gasteiger partial charge in [-0.05, 0) is 37.6 Å². The molecule has 0 bridgehead atoms. The van der Waals surface area contributed by atoms with Gasteiger partial charge in [-0.3, -0.25) is 0 Å². The van der Waals surface area contributed by atoms with E-state index in [-0.39, 0.29) is 10.8 Å². The van der Waals surface area contributed by atoms with Crippen molar-refractivity contribution in [3.05, 3.63) is 72.1 Å². The third kappa shape index (κ3) is 5.26. The van der Waals surface area contributed by atoms with Gasteiger partial charge in [0.05, 0.1) is 21.9 Å². The summed E-state index contributed by atoms with van der Waals surface area (Å²) in [6.07, 6.45) is -0.117. The SMILES string of the molecule is CC(C)S(=O)(=O)c1ccccc1-c1cnc(NN=Cc2ccc(C(F)(F)F)cc2)nc1. The van der Waals surface area contributed by atoms with Crippen molar-refractivity contribution in [2.24, 2.45) is 5.10 Å². The van der Waals surface area contributed by atoms with Gasteiger partial charge >= 0.3 is 6.18 Å². The number of hydrogen-bond donors (Lipinski definition) is 1. The number of halogens is 3. The van der Waals surface area contributed by atoms with Crippen LogP contribution in [-0.2, 0) is 16.0 Å². The minimum atomic E-state index is -4.39. The van der Waals surface area contributed by atoms with E-state index in [4.69, 9.17) is 0 Å².